The molecule has 0 atom stereocenters. The molecule has 0 bridgehead atoms. The fourth-order valence-electron chi connectivity index (χ4n) is 1.19. The summed E-state index contributed by atoms with van der Waals surface area (Å²) in [5.41, 5.74) is 0.983. The number of benzene rings is 1. The third-order valence-electron chi connectivity index (χ3n) is 2.06. The fourth-order valence-corrected chi connectivity index (χ4v) is 1.66. The maximum Gasteiger partial charge on any atom is 0.296 e. The standard InChI is InChI=1S/C8H11N3O4S/c1-5-3-7(10-16(9,14)15)8(11(12)13)4-6(5)2/h3-4,10H,1-2H3,(H2,9,14,15). The van der Waals surface area contributed by atoms with Crippen LogP contribution in [0.2, 0.25) is 0 Å². The van der Waals surface area contributed by atoms with Crippen LogP contribution in [0.1, 0.15) is 11.1 Å². The fraction of sp³-hybridized carbons (Fsp3) is 0.250. The van der Waals surface area contributed by atoms with Gasteiger partial charge in [-0.15, -0.1) is 0 Å². The molecule has 1 aromatic carbocycles. The first kappa shape index (κ1) is 12.4. The van der Waals surface area contributed by atoms with Gasteiger partial charge >= 0.3 is 0 Å². The molecular weight excluding hydrogens is 234 g/mol. The Morgan fingerprint density at radius 3 is 2.25 bits per heavy atom. The molecule has 0 aromatic heterocycles. The number of hydrogen-bond acceptors (Lipinski definition) is 4. The van der Waals surface area contributed by atoms with Gasteiger partial charge in [0.1, 0.15) is 5.69 Å². The summed E-state index contributed by atoms with van der Waals surface area (Å²) in [5.74, 6) is 0. The van der Waals surface area contributed by atoms with Crippen molar-refractivity contribution in [3.05, 3.63) is 33.4 Å². The topological polar surface area (TPSA) is 115 Å². The highest BCUT2D eigenvalue weighted by molar-refractivity contribution is 7.90. The van der Waals surface area contributed by atoms with Gasteiger partial charge in [0.2, 0.25) is 0 Å². The first-order chi connectivity index (χ1) is 7.20. The summed E-state index contributed by atoms with van der Waals surface area (Å²) < 4.78 is 23.5. The lowest BCUT2D eigenvalue weighted by Crippen LogP contribution is -2.22. The van der Waals surface area contributed by atoms with Gasteiger partial charge in [0.05, 0.1) is 4.92 Å². The van der Waals surface area contributed by atoms with E-state index in [9.17, 15) is 18.5 Å². The average molecular weight is 245 g/mol. The molecule has 88 valence electrons. The molecule has 0 saturated heterocycles. The molecule has 0 aliphatic heterocycles. The van der Waals surface area contributed by atoms with Crippen LogP contribution in [0.5, 0.6) is 0 Å². The predicted octanol–water partition coefficient (Wildman–Crippen LogP) is 0.827. The molecule has 8 heteroatoms. The zero-order valence-electron chi connectivity index (χ0n) is 8.72. The van der Waals surface area contributed by atoms with Crippen molar-refractivity contribution in [1.82, 2.24) is 0 Å². The van der Waals surface area contributed by atoms with Crippen LogP contribution in [0.4, 0.5) is 11.4 Å². The molecule has 1 rings (SSSR count). The van der Waals surface area contributed by atoms with Crippen molar-refractivity contribution in [3.63, 3.8) is 0 Å². The molecule has 0 aliphatic rings. The SMILES string of the molecule is Cc1cc(NS(N)(=O)=O)c([N+](=O)[O-])cc1C. The van der Waals surface area contributed by atoms with E-state index in [0.29, 0.717) is 5.56 Å². The first-order valence-corrected chi connectivity index (χ1v) is 5.81. The van der Waals surface area contributed by atoms with Crippen molar-refractivity contribution in [3.8, 4) is 0 Å². The van der Waals surface area contributed by atoms with Crippen molar-refractivity contribution >= 4 is 21.6 Å². The van der Waals surface area contributed by atoms with Gasteiger partial charge in [0, 0.05) is 6.07 Å². The van der Waals surface area contributed by atoms with E-state index in [1.807, 2.05) is 4.72 Å². The highest BCUT2D eigenvalue weighted by atomic mass is 32.2. The molecule has 1 aromatic rings. The second-order valence-corrected chi connectivity index (χ2v) is 4.65. The van der Waals surface area contributed by atoms with Gasteiger partial charge in [-0.05, 0) is 31.0 Å². The lowest BCUT2D eigenvalue weighted by atomic mass is 10.1. The number of nitrogens with zero attached hydrogens (tertiary/aromatic N) is 1. The van der Waals surface area contributed by atoms with Gasteiger partial charge in [-0.3, -0.25) is 14.8 Å². The highest BCUT2D eigenvalue weighted by Gasteiger charge is 2.18. The van der Waals surface area contributed by atoms with Crippen molar-refractivity contribution in [2.45, 2.75) is 13.8 Å². The zero-order valence-corrected chi connectivity index (χ0v) is 9.54. The molecule has 0 radical (unpaired) electrons. The predicted molar refractivity (Wildman–Crippen MR) is 59.3 cm³/mol. The lowest BCUT2D eigenvalue weighted by Gasteiger charge is -2.07. The molecular formula is C8H11N3O4S. The third-order valence-corrected chi connectivity index (χ3v) is 2.57. The molecule has 16 heavy (non-hydrogen) atoms. The normalized spacial score (nSPS) is 11.2. The average Bonchev–Trinajstić information content (AvgIpc) is 2.07. The van der Waals surface area contributed by atoms with Crippen molar-refractivity contribution < 1.29 is 13.3 Å². The summed E-state index contributed by atoms with van der Waals surface area (Å²) in [6, 6.07) is 2.67. The Morgan fingerprint density at radius 1 is 1.31 bits per heavy atom. The van der Waals surface area contributed by atoms with Gasteiger partial charge in [0.15, 0.2) is 0 Å². The smallest absolute Gasteiger partial charge is 0.264 e. The molecule has 3 N–H and O–H groups in total. The first-order valence-electron chi connectivity index (χ1n) is 4.27. The monoisotopic (exact) mass is 245 g/mol. The summed E-state index contributed by atoms with van der Waals surface area (Å²) in [6.45, 7) is 3.41. The van der Waals surface area contributed by atoms with Gasteiger partial charge in [-0.2, -0.15) is 8.42 Å². The van der Waals surface area contributed by atoms with Crippen LogP contribution in [0, 0.1) is 24.0 Å². The van der Waals surface area contributed by atoms with E-state index >= 15 is 0 Å². The van der Waals surface area contributed by atoms with Crippen LogP contribution in [0.15, 0.2) is 12.1 Å². The van der Waals surface area contributed by atoms with Crippen molar-refractivity contribution in [2.75, 3.05) is 4.72 Å². The minimum Gasteiger partial charge on any atom is -0.264 e. The second kappa shape index (κ2) is 4.06. The van der Waals surface area contributed by atoms with E-state index in [-0.39, 0.29) is 11.4 Å². The van der Waals surface area contributed by atoms with E-state index in [4.69, 9.17) is 5.14 Å². The van der Waals surface area contributed by atoms with Crippen LogP contribution >= 0.6 is 0 Å². The van der Waals surface area contributed by atoms with Crippen LogP contribution in [-0.4, -0.2) is 13.3 Å². The summed E-state index contributed by atoms with van der Waals surface area (Å²) in [7, 11) is -4.02. The van der Waals surface area contributed by atoms with E-state index in [2.05, 4.69) is 0 Å². The second-order valence-electron chi connectivity index (χ2n) is 3.36. The Balaban J connectivity index is 3.36. The van der Waals surface area contributed by atoms with Crippen molar-refractivity contribution in [2.24, 2.45) is 5.14 Å². The van der Waals surface area contributed by atoms with E-state index in [0.717, 1.165) is 5.56 Å². The summed E-state index contributed by atoms with van der Waals surface area (Å²) >= 11 is 0. The number of nitrogens with two attached hydrogens (primary N) is 1. The Hall–Kier alpha value is -1.67. The minimum atomic E-state index is -4.02. The molecule has 0 amide bonds. The van der Waals surface area contributed by atoms with Crippen LogP contribution in [0.3, 0.4) is 0 Å². The van der Waals surface area contributed by atoms with Gasteiger partial charge < -0.3 is 0 Å². The molecule has 7 nitrogen and oxygen atoms in total. The number of anilines is 1. The molecule has 0 saturated carbocycles. The van der Waals surface area contributed by atoms with Crippen molar-refractivity contribution in [1.29, 1.82) is 0 Å². The Bertz CT molecular complexity index is 538. The van der Waals surface area contributed by atoms with Crippen LogP contribution in [-0.2, 0) is 10.2 Å². The number of nitro groups is 1. The zero-order chi connectivity index (χ0) is 12.5. The highest BCUT2D eigenvalue weighted by Crippen LogP contribution is 2.28. The largest absolute Gasteiger partial charge is 0.296 e. The Labute approximate surface area is 92.6 Å². The Kier molecular flexibility index (Phi) is 3.15. The summed E-state index contributed by atoms with van der Waals surface area (Å²) in [4.78, 5) is 10.0. The van der Waals surface area contributed by atoms with E-state index in [1.165, 1.54) is 12.1 Å². The molecule has 0 fully saturated rings. The molecule has 0 spiro atoms. The third kappa shape index (κ3) is 2.91. The molecule has 0 aliphatic carbocycles. The van der Waals surface area contributed by atoms with E-state index in [1.54, 1.807) is 13.8 Å². The maximum absolute atomic E-state index is 10.8. The number of rotatable bonds is 3. The van der Waals surface area contributed by atoms with E-state index < -0.39 is 15.1 Å². The number of nitro benzene ring substituents is 1. The lowest BCUT2D eigenvalue weighted by molar-refractivity contribution is -0.383. The summed E-state index contributed by atoms with van der Waals surface area (Å²) in [6.07, 6.45) is 0. The van der Waals surface area contributed by atoms with Gasteiger partial charge in [-0.1, -0.05) is 0 Å². The van der Waals surface area contributed by atoms with Gasteiger partial charge in [-0.25, -0.2) is 5.14 Å². The number of nitrogens with one attached hydrogen (secondary N) is 1. The number of aryl methyl sites for hydroxylation is 2. The maximum atomic E-state index is 10.8. The molecule has 0 heterocycles. The molecule has 0 unspecified atom stereocenters. The number of hydrogen-bond donors (Lipinski definition) is 2. The quantitative estimate of drug-likeness (QED) is 0.606. The Morgan fingerprint density at radius 2 is 1.81 bits per heavy atom. The summed E-state index contributed by atoms with van der Waals surface area (Å²) in [5, 5.41) is 15.5. The van der Waals surface area contributed by atoms with Crippen LogP contribution < -0.4 is 9.86 Å². The van der Waals surface area contributed by atoms with Crippen LogP contribution in [0.25, 0.3) is 0 Å². The minimum absolute atomic E-state index is 0.129. The van der Waals surface area contributed by atoms with Gasteiger partial charge in [0.25, 0.3) is 15.9 Å².